The standard InChI is InChI=1S/C2H3ClO4S.Na/c3-1-2(4)8(5,6)7;/h1H2,(H,5,6,7);/q;+1/p-1. The molecule has 0 amide bonds. The first kappa shape index (κ1) is 12.5. The van der Waals surface area contributed by atoms with Crippen LogP contribution in [0.4, 0.5) is 0 Å². The molecular weight excluding hydrogens is 179 g/mol. The monoisotopic (exact) mass is 180 g/mol. The van der Waals surface area contributed by atoms with Crippen LogP contribution in [0.3, 0.4) is 0 Å². The van der Waals surface area contributed by atoms with E-state index >= 15 is 0 Å². The molecule has 0 aliphatic heterocycles. The summed E-state index contributed by atoms with van der Waals surface area (Å²) in [5.41, 5.74) is 0. The van der Waals surface area contributed by atoms with Gasteiger partial charge >= 0.3 is 29.6 Å². The molecular formula is C2H2ClNaO4S. The topological polar surface area (TPSA) is 74.3 Å². The van der Waals surface area contributed by atoms with Gasteiger partial charge in [-0.25, -0.2) is 8.42 Å². The largest absolute Gasteiger partial charge is 1.00 e. The van der Waals surface area contributed by atoms with Gasteiger partial charge in [0.25, 0.3) is 0 Å². The van der Waals surface area contributed by atoms with Crippen molar-refractivity contribution in [3.63, 3.8) is 0 Å². The molecule has 0 aromatic heterocycles. The van der Waals surface area contributed by atoms with E-state index in [0.717, 1.165) is 0 Å². The Morgan fingerprint density at radius 3 is 1.89 bits per heavy atom. The third kappa shape index (κ3) is 5.32. The van der Waals surface area contributed by atoms with Crippen LogP contribution in [0.1, 0.15) is 0 Å². The minimum atomic E-state index is -4.77. The summed E-state index contributed by atoms with van der Waals surface area (Å²) < 4.78 is 28.7. The molecule has 0 saturated heterocycles. The van der Waals surface area contributed by atoms with E-state index in [9.17, 15) is 17.8 Å². The molecule has 0 fully saturated rings. The van der Waals surface area contributed by atoms with Crippen LogP contribution in [0, 0.1) is 0 Å². The van der Waals surface area contributed by atoms with Gasteiger partial charge in [-0.1, -0.05) is 0 Å². The summed E-state index contributed by atoms with van der Waals surface area (Å²) in [7, 11) is -4.77. The molecule has 0 heterocycles. The third-order valence-corrected chi connectivity index (χ3v) is 1.49. The van der Waals surface area contributed by atoms with E-state index in [2.05, 4.69) is 0 Å². The maximum atomic E-state index is 9.80. The molecule has 0 aromatic carbocycles. The predicted octanol–water partition coefficient (Wildman–Crippen LogP) is -3.70. The smallest absolute Gasteiger partial charge is 0.742 e. The Hall–Kier alpha value is 0.870. The van der Waals surface area contributed by atoms with Crippen molar-refractivity contribution in [1.29, 1.82) is 0 Å². The first-order chi connectivity index (χ1) is 3.48. The summed E-state index contributed by atoms with van der Waals surface area (Å²) >= 11 is 4.71. The second-order valence-corrected chi connectivity index (χ2v) is 2.59. The molecule has 0 aliphatic rings. The maximum Gasteiger partial charge on any atom is 1.00 e. The first-order valence-corrected chi connectivity index (χ1v) is 3.47. The molecule has 0 aromatic rings. The number of carbonyl (C=O) groups excluding carboxylic acids is 1. The van der Waals surface area contributed by atoms with Gasteiger partial charge in [0.1, 0.15) is 0 Å². The van der Waals surface area contributed by atoms with Gasteiger partial charge < -0.3 is 4.55 Å². The van der Waals surface area contributed by atoms with Crippen molar-refractivity contribution in [2.24, 2.45) is 0 Å². The van der Waals surface area contributed by atoms with Gasteiger partial charge in [0.15, 0.2) is 10.1 Å². The van der Waals surface area contributed by atoms with Gasteiger partial charge in [0, 0.05) is 0 Å². The second kappa shape index (κ2) is 4.65. The molecule has 0 bridgehead atoms. The molecule has 0 N–H and O–H groups in total. The van der Waals surface area contributed by atoms with Crippen molar-refractivity contribution in [3.05, 3.63) is 0 Å². The minimum Gasteiger partial charge on any atom is -0.742 e. The molecule has 0 rings (SSSR count). The second-order valence-electron chi connectivity index (χ2n) is 0.960. The zero-order valence-electron chi connectivity index (χ0n) is 4.63. The van der Waals surface area contributed by atoms with Gasteiger partial charge in [-0.05, 0) is 0 Å². The van der Waals surface area contributed by atoms with E-state index in [1.165, 1.54) is 0 Å². The molecule has 4 nitrogen and oxygen atoms in total. The predicted molar refractivity (Wildman–Crippen MR) is 25.4 cm³/mol. The average Bonchev–Trinajstić information content (AvgIpc) is 1.62. The zero-order valence-corrected chi connectivity index (χ0v) is 8.20. The van der Waals surface area contributed by atoms with Crippen molar-refractivity contribution in [3.8, 4) is 0 Å². The van der Waals surface area contributed by atoms with Crippen LogP contribution in [0.15, 0.2) is 0 Å². The summed E-state index contributed by atoms with van der Waals surface area (Å²) in [6.07, 6.45) is 0. The summed E-state index contributed by atoms with van der Waals surface area (Å²) in [4.78, 5) is 9.80. The van der Waals surface area contributed by atoms with Gasteiger partial charge in [-0.2, -0.15) is 0 Å². The Bertz CT molecular complexity index is 185. The van der Waals surface area contributed by atoms with Crippen LogP contribution >= 0.6 is 11.6 Å². The molecule has 0 atom stereocenters. The van der Waals surface area contributed by atoms with E-state index in [-0.39, 0.29) is 29.6 Å². The van der Waals surface area contributed by atoms with Crippen LogP contribution in [-0.2, 0) is 14.9 Å². The fourth-order valence-electron chi connectivity index (χ4n) is 0.0668. The Morgan fingerprint density at radius 2 is 1.89 bits per heavy atom. The number of alkyl halides is 1. The SMILES string of the molecule is O=C(CCl)S(=O)(=O)[O-].[Na+]. The Kier molecular flexibility index (Phi) is 6.48. The fraction of sp³-hybridized carbons (Fsp3) is 0.500. The third-order valence-electron chi connectivity index (χ3n) is 0.388. The summed E-state index contributed by atoms with van der Waals surface area (Å²) in [5, 5.41) is -1.49. The van der Waals surface area contributed by atoms with Crippen molar-refractivity contribution < 1.29 is 47.3 Å². The molecule has 0 saturated carbocycles. The number of hydrogen-bond acceptors (Lipinski definition) is 4. The van der Waals surface area contributed by atoms with E-state index < -0.39 is 21.1 Å². The molecule has 0 radical (unpaired) electrons. The Balaban J connectivity index is 0. The summed E-state index contributed by atoms with van der Waals surface area (Å²) in [5.74, 6) is -0.772. The van der Waals surface area contributed by atoms with Crippen molar-refractivity contribution >= 4 is 26.8 Å². The molecule has 0 unspecified atom stereocenters. The van der Waals surface area contributed by atoms with E-state index in [0.29, 0.717) is 0 Å². The van der Waals surface area contributed by atoms with E-state index in [1.54, 1.807) is 0 Å². The van der Waals surface area contributed by atoms with Crippen LogP contribution in [-0.4, -0.2) is 24.0 Å². The number of carbonyl (C=O) groups is 1. The fourth-order valence-corrected chi connectivity index (χ4v) is 0.601. The Morgan fingerprint density at radius 1 is 1.56 bits per heavy atom. The van der Waals surface area contributed by atoms with Crippen molar-refractivity contribution in [2.75, 3.05) is 5.88 Å². The average molecular weight is 181 g/mol. The maximum absolute atomic E-state index is 9.80. The van der Waals surface area contributed by atoms with Gasteiger partial charge in [-0.15, -0.1) is 11.6 Å². The number of halogens is 1. The minimum absolute atomic E-state index is 0. The Labute approximate surface area is 79.6 Å². The van der Waals surface area contributed by atoms with E-state index in [4.69, 9.17) is 11.6 Å². The first-order valence-electron chi connectivity index (χ1n) is 1.53. The summed E-state index contributed by atoms with van der Waals surface area (Å²) in [6, 6.07) is 0. The zero-order chi connectivity index (χ0) is 6.78. The molecule has 0 aliphatic carbocycles. The molecule has 7 heteroatoms. The van der Waals surface area contributed by atoms with Crippen LogP contribution in [0.2, 0.25) is 0 Å². The molecule has 0 spiro atoms. The molecule has 9 heavy (non-hydrogen) atoms. The molecule has 48 valence electrons. The summed E-state index contributed by atoms with van der Waals surface area (Å²) in [6.45, 7) is 0. The van der Waals surface area contributed by atoms with Gasteiger partial charge in [0.2, 0.25) is 5.12 Å². The number of hydrogen-bond donors (Lipinski definition) is 0. The van der Waals surface area contributed by atoms with Gasteiger partial charge in [0.05, 0.1) is 5.88 Å². The van der Waals surface area contributed by atoms with Crippen LogP contribution < -0.4 is 29.6 Å². The van der Waals surface area contributed by atoms with E-state index in [1.807, 2.05) is 0 Å². The van der Waals surface area contributed by atoms with Crippen molar-refractivity contribution in [2.45, 2.75) is 0 Å². The van der Waals surface area contributed by atoms with Crippen molar-refractivity contribution in [1.82, 2.24) is 0 Å². The van der Waals surface area contributed by atoms with Gasteiger partial charge in [-0.3, -0.25) is 4.79 Å². The quantitative estimate of drug-likeness (QED) is 0.237. The van der Waals surface area contributed by atoms with Crippen LogP contribution in [0.5, 0.6) is 0 Å². The van der Waals surface area contributed by atoms with Crippen LogP contribution in [0.25, 0.3) is 0 Å². The number of rotatable bonds is 1. The normalized spacial score (nSPS) is 10.0.